The van der Waals surface area contributed by atoms with Crippen LogP contribution < -0.4 is 19.5 Å². The van der Waals surface area contributed by atoms with Crippen LogP contribution in [0, 0.1) is 5.82 Å². The number of rotatable bonds is 5. The average molecular weight is 463 g/mol. The molecule has 0 bridgehead atoms. The van der Waals surface area contributed by atoms with Crippen LogP contribution in [0.1, 0.15) is 10.4 Å². The van der Waals surface area contributed by atoms with Gasteiger partial charge in [-0.2, -0.15) is 0 Å². The van der Waals surface area contributed by atoms with Gasteiger partial charge in [0.25, 0.3) is 5.91 Å². The summed E-state index contributed by atoms with van der Waals surface area (Å²) in [5.41, 5.74) is 0.490. The normalized spacial score (nSPS) is 10.2. The standard InChI is InChI=1S/C16H14Br2FNO4/c1-22-12-4-8(5-13(23-2)14(12)18)16(21)20-11-7-9(19)6-10(17)15(11)24-3/h4-7H,1-3H3,(H,20,21). The number of nitrogens with one attached hydrogen (secondary N) is 1. The highest BCUT2D eigenvalue weighted by molar-refractivity contribution is 9.11. The van der Waals surface area contributed by atoms with Gasteiger partial charge in [-0.3, -0.25) is 4.79 Å². The predicted octanol–water partition coefficient (Wildman–Crippen LogP) is 4.63. The maximum absolute atomic E-state index is 13.6. The Hall–Kier alpha value is -1.80. The van der Waals surface area contributed by atoms with Gasteiger partial charge in [-0.15, -0.1) is 0 Å². The summed E-state index contributed by atoms with van der Waals surface area (Å²) in [6.07, 6.45) is 0. The monoisotopic (exact) mass is 461 g/mol. The van der Waals surface area contributed by atoms with E-state index in [1.54, 1.807) is 12.1 Å². The second-order valence-corrected chi connectivity index (χ2v) is 6.26. The average Bonchev–Trinajstić information content (AvgIpc) is 2.54. The first-order valence-corrected chi connectivity index (χ1v) is 8.25. The Morgan fingerprint density at radius 3 is 2.08 bits per heavy atom. The van der Waals surface area contributed by atoms with Crippen molar-refractivity contribution in [1.82, 2.24) is 0 Å². The van der Waals surface area contributed by atoms with Crippen LogP contribution in [0.2, 0.25) is 0 Å². The van der Waals surface area contributed by atoms with E-state index in [-0.39, 0.29) is 11.3 Å². The molecular weight excluding hydrogens is 449 g/mol. The van der Waals surface area contributed by atoms with Crippen molar-refractivity contribution in [2.24, 2.45) is 0 Å². The molecule has 2 rings (SSSR count). The van der Waals surface area contributed by atoms with Crippen LogP contribution in [0.4, 0.5) is 10.1 Å². The zero-order valence-corrected chi connectivity index (χ0v) is 16.2. The molecule has 0 fully saturated rings. The van der Waals surface area contributed by atoms with Crippen molar-refractivity contribution < 1.29 is 23.4 Å². The van der Waals surface area contributed by atoms with E-state index in [1.165, 1.54) is 33.5 Å². The van der Waals surface area contributed by atoms with Crippen molar-refractivity contribution >= 4 is 43.5 Å². The molecule has 0 unspecified atom stereocenters. The Kier molecular flexibility index (Phi) is 6.06. The summed E-state index contributed by atoms with van der Waals surface area (Å²) >= 11 is 6.53. The molecule has 1 amide bonds. The van der Waals surface area contributed by atoms with Crippen LogP contribution in [-0.4, -0.2) is 27.2 Å². The topological polar surface area (TPSA) is 56.8 Å². The number of carbonyl (C=O) groups is 1. The lowest BCUT2D eigenvalue weighted by atomic mass is 10.1. The quantitative estimate of drug-likeness (QED) is 0.703. The van der Waals surface area contributed by atoms with Gasteiger partial charge in [-0.25, -0.2) is 4.39 Å². The number of ether oxygens (including phenoxy) is 3. The van der Waals surface area contributed by atoms with Gasteiger partial charge < -0.3 is 19.5 Å². The Morgan fingerprint density at radius 1 is 1.00 bits per heavy atom. The van der Waals surface area contributed by atoms with Crippen molar-refractivity contribution in [1.29, 1.82) is 0 Å². The fraction of sp³-hybridized carbons (Fsp3) is 0.188. The number of carbonyl (C=O) groups excluding carboxylic acids is 1. The lowest BCUT2D eigenvalue weighted by molar-refractivity contribution is 0.102. The number of amides is 1. The second-order valence-electron chi connectivity index (χ2n) is 4.62. The number of benzene rings is 2. The fourth-order valence-corrected chi connectivity index (χ4v) is 3.20. The molecule has 24 heavy (non-hydrogen) atoms. The van der Waals surface area contributed by atoms with E-state index in [0.29, 0.717) is 26.2 Å². The van der Waals surface area contributed by atoms with Crippen LogP contribution in [0.15, 0.2) is 33.2 Å². The Labute approximate surface area is 155 Å². The Bertz CT molecular complexity index is 758. The molecule has 128 valence electrons. The van der Waals surface area contributed by atoms with E-state index in [2.05, 4.69) is 37.2 Å². The Balaban J connectivity index is 2.41. The first-order chi connectivity index (χ1) is 11.4. The number of anilines is 1. The molecule has 5 nitrogen and oxygen atoms in total. The molecular formula is C16H14Br2FNO4. The van der Waals surface area contributed by atoms with Crippen LogP contribution in [0.3, 0.4) is 0 Å². The zero-order valence-electron chi connectivity index (χ0n) is 13.1. The fourth-order valence-electron chi connectivity index (χ4n) is 2.06. The number of hydrogen-bond donors (Lipinski definition) is 1. The molecule has 0 saturated heterocycles. The third-order valence-electron chi connectivity index (χ3n) is 3.17. The summed E-state index contributed by atoms with van der Waals surface area (Å²) in [5, 5.41) is 2.62. The van der Waals surface area contributed by atoms with Crippen LogP contribution in [0.5, 0.6) is 17.2 Å². The maximum atomic E-state index is 13.6. The molecule has 0 radical (unpaired) electrons. The number of hydrogen-bond acceptors (Lipinski definition) is 4. The van der Waals surface area contributed by atoms with Crippen molar-refractivity contribution in [3.63, 3.8) is 0 Å². The molecule has 0 aliphatic rings. The summed E-state index contributed by atoms with van der Waals surface area (Å²) in [6, 6.07) is 5.51. The Morgan fingerprint density at radius 2 is 1.58 bits per heavy atom. The van der Waals surface area contributed by atoms with Crippen LogP contribution in [-0.2, 0) is 0 Å². The van der Waals surface area contributed by atoms with Gasteiger partial charge in [-0.1, -0.05) is 0 Å². The van der Waals surface area contributed by atoms with E-state index in [9.17, 15) is 9.18 Å². The SMILES string of the molecule is COc1cc(C(=O)Nc2cc(F)cc(Br)c2OC)cc(OC)c1Br. The van der Waals surface area contributed by atoms with Crippen molar-refractivity contribution in [3.05, 3.63) is 44.6 Å². The van der Waals surface area contributed by atoms with Gasteiger partial charge in [0.05, 0.1) is 31.5 Å². The highest BCUT2D eigenvalue weighted by Gasteiger charge is 2.17. The molecule has 8 heteroatoms. The van der Waals surface area contributed by atoms with Gasteiger partial charge in [0.2, 0.25) is 0 Å². The maximum Gasteiger partial charge on any atom is 0.256 e. The van der Waals surface area contributed by atoms with E-state index < -0.39 is 11.7 Å². The second kappa shape index (κ2) is 7.85. The summed E-state index contributed by atoms with van der Waals surface area (Å²) in [5.74, 6) is 0.221. The molecule has 0 aliphatic carbocycles. The van der Waals surface area contributed by atoms with E-state index in [1.807, 2.05) is 0 Å². The predicted molar refractivity (Wildman–Crippen MR) is 95.9 cm³/mol. The minimum Gasteiger partial charge on any atom is -0.495 e. The summed E-state index contributed by atoms with van der Waals surface area (Å²) < 4.78 is 30.2. The first-order valence-electron chi connectivity index (χ1n) is 6.67. The smallest absolute Gasteiger partial charge is 0.256 e. The number of halogens is 3. The van der Waals surface area contributed by atoms with Crippen molar-refractivity contribution in [2.45, 2.75) is 0 Å². The summed E-state index contributed by atoms with van der Waals surface area (Å²) in [4.78, 5) is 12.5. The molecule has 2 aromatic rings. The van der Waals surface area contributed by atoms with Crippen molar-refractivity contribution in [3.8, 4) is 17.2 Å². The highest BCUT2D eigenvalue weighted by atomic mass is 79.9. The first kappa shape index (κ1) is 18.5. The molecule has 0 heterocycles. The van der Waals surface area contributed by atoms with Gasteiger partial charge in [0.15, 0.2) is 5.75 Å². The third kappa shape index (κ3) is 3.81. The molecule has 2 aromatic carbocycles. The van der Waals surface area contributed by atoms with Gasteiger partial charge in [0.1, 0.15) is 21.8 Å². The number of methoxy groups -OCH3 is 3. The van der Waals surface area contributed by atoms with Crippen LogP contribution >= 0.6 is 31.9 Å². The van der Waals surface area contributed by atoms with Crippen LogP contribution in [0.25, 0.3) is 0 Å². The van der Waals surface area contributed by atoms with E-state index in [4.69, 9.17) is 14.2 Å². The third-order valence-corrected chi connectivity index (χ3v) is 4.54. The molecule has 0 saturated carbocycles. The largest absolute Gasteiger partial charge is 0.495 e. The van der Waals surface area contributed by atoms with Gasteiger partial charge in [0, 0.05) is 11.6 Å². The minimum absolute atomic E-state index is 0.204. The van der Waals surface area contributed by atoms with Gasteiger partial charge >= 0.3 is 0 Å². The highest BCUT2D eigenvalue weighted by Crippen LogP contribution is 2.37. The molecule has 0 aromatic heterocycles. The molecule has 0 atom stereocenters. The van der Waals surface area contributed by atoms with E-state index in [0.717, 1.165) is 0 Å². The zero-order chi connectivity index (χ0) is 17.9. The summed E-state index contributed by atoms with van der Waals surface area (Å²) in [6.45, 7) is 0. The molecule has 0 spiro atoms. The lowest BCUT2D eigenvalue weighted by Crippen LogP contribution is -2.13. The lowest BCUT2D eigenvalue weighted by Gasteiger charge is -2.14. The summed E-state index contributed by atoms with van der Waals surface area (Å²) in [7, 11) is 4.39. The van der Waals surface area contributed by atoms with Gasteiger partial charge in [-0.05, 0) is 50.1 Å². The minimum atomic E-state index is -0.510. The van der Waals surface area contributed by atoms with E-state index >= 15 is 0 Å². The van der Waals surface area contributed by atoms with Crippen molar-refractivity contribution in [2.75, 3.05) is 26.6 Å². The molecule has 0 aliphatic heterocycles. The molecule has 1 N–H and O–H groups in total.